The molecule has 1 aromatic rings. The van der Waals surface area contributed by atoms with Gasteiger partial charge in [0.15, 0.2) is 0 Å². The highest BCUT2D eigenvalue weighted by molar-refractivity contribution is 6.31. The van der Waals surface area contributed by atoms with Gasteiger partial charge < -0.3 is 5.32 Å². The molecule has 4 heteroatoms. The summed E-state index contributed by atoms with van der Waals surface area (Å²) in [7, 11) is 0. The van der Waals surface area contributed by atoms with Crippen LogP contribution in [0.4, 0.5) is 0 Å². The molecule has 0 saturated heterocycles. The lowest BCUT2D eigenvalue weighted by Crippen LogP contribution is -2.24. The number of aromatic nitrogens is 2. The van der Waals surface area contributed by atoms with Crippen LogP contribution in [-0.2, 0) is 0 Å². The van der Waals surface area contributed by atoms with Crippen molar-refractivity contribution in [3.8, 4) is 0 Å². The lowest BCUT2D eigenvalue weighted by Gasteiger charge is -2.13. The van der Waals surface area contributed by atoms with Gasteiger partial charge in [0.25, 0.3) is 0 Å². The molecule has 0 saturated carbocycles. The summed E-state index contributed by atoms with van der Waals surface area (Å²) in [5.41, 5.74) is 0.911. The molecule has 0 aliphatic rings. The molecule has 0 radical (unpaired) electrons. The summed E-state index contributed by atoms with van der Waals surface area (Å²) in [6, 6.07) is 0.983. The molecular weight excluding hydrogens is 222 g/mol. The van der Waals surface area contributed by atoms with Gasteiger partial charge in [0.2, 0.25) is 0 Å². The summed E-state index contributed by atoms with van der Waals surface area (Å²) in [6.07, 6.45) is 4.20. The molecule has 0 fully saturated rings. The largest absolute Gasteiger partial charge is 0.315 e. The monoisotopic (exact) mass is 243 g/mol. The second kappa shape index (κ2) is 6.26. The van der Waals surface area contributed by atoms with Crippen molar-refractivity contribution in [2.24, 2.45) is 0 Å². The number of nitrogens with one attached hydrogen (secondary N) is 1. The number of nitrogens with zero attached hydrogens (tertiary/aromatic N) is 2. The average molecular weight is 244 g/mol. The minimum absolute atomic E-state index is 0.417. The van der Waals surface area contributed by atoms with Gasteiger partial charge in [0, 0.05) is 18.3 Å². The Kier molecular flexibility index (Phi) is 5.29. The van der Waals surface area contributed by atoms with E-state index in [0.717, 1.165) is 30.1 Å². The lowest BCUT2D eigenvalue weighted by molar-refractivity contribution is 0.431. The highest BCUT2D eigenvalue weighted by atomic mass is 35.5. The van der Waals surface area contributed by atoms with E-state index in [-0.39, 0.29) is 0 Å². The highest BCUT2D eigenvalue weighted by Crippen LogP contribution is 2.18. The van der Waals surface area contributed by atoms with E-state index in [0.29, 0.717) is 12.1 Å². The lowest BCUT2D eigenvalue weighted by atomic mass is 10.2. The van der Waals surface area contributed by atoms with Crippen molar-refractivity contribution in [1.29, 1.82) is 0 Å². The summed E-state index contributed by atoms with van der Waals surface area (Å²) < 4.78 is 1.97. The zero-order valence-electron chi connectivity index (χ0n) is 10.6. The molecule has 0 bridgehead atoms. The van der Waals surface area contributed by atoms with Crippen molar-refractivity contribution in [2.45, 2.75) is 52.6 Å². The Balaban J connectivity index is 2.32. The van der Waals surface area contributed by atoms with E-state index in [4.69, 9.17) is 11.6 Å². The van der Waals surface area contributed by atoms with Crippen molar-refractivity contribution in [2.75, 3.05) is 6.54 Å². The molecule has 1 N–H and O–H groups in total. The zero-order valence-corrected chi connectivity index (χ0v) is 11.4. The van der Waals surface area contributed by atoms with E-state index < -0.39 is 0 Å². The maximum Gasteiger partial charge on any atom is 0.0815 e. The molecule has 1 heterocycles. The van der Waals surface area contributed by atoms with Gasteiger partial charge in [0.05, 0.1) is 10.7 Å². The van der Waals surface area contributed by atoms with Crippen LogP contribution >= 0.6 is 11.6 Å². The molecule has 0 spiro atoms. The van der Waals surface area contributed by atoms with Crippen molar-refractivity contribution >= 4 is 11.6 Å². The average Bonchev–Trinajstić information content (AvgIpc) is 2.54. The molecule has 1 aromatic heterocycles. The Morgan fingerprint density at radius 3 is 2.62 bits per heavy atom. The summed E-state index contributed by atoms with van der Waals surface area (Å²) in [6.45, 7) is 9.51. The SMILES string of the molecule is Cc1nn(C(C)CCCNC(C)C)cc1Cl. The molecule has 1 unspecified atom stereocenters. The molecule has 1 rings (SSSR count). The summed E-state index contributed by atoms with van der Waals surface area (Å²) >= 11 is 5.98. The fourth-order valence-electron chi connectivity index (χ4n) is 1.61. The van der Waals surface area contributed by atoms with Crippen LogP contribution < -0.4 is 5.32 Å². The van der Waals surface area contributed by atoms with Crippen LogP contribution in [0.15, 0.2) is 6.20 Å². The Labute approximate surface area is 103 Å². The topological polar surface area (TPSA) is 29.9 Å². The fourth-order valence-corrected chi connectivity index (χ4v) is 1.74. The Morgan fingerprint density at radius 2 is 2.12 bits per heavy atom. The second-order valence-electron chi connectivity index (χ2n) is 4.64. The zero-order chi connectivity index (χ0) is 12.1. The molecule has 3 nitrogen and oxygen atoms in total. The minimum Gasteiger partial charge on any atom is -0.315 e. The molecule has 0 aliphatic carbocycles. The Hall–Kier alpha value is -0.540. The summed E-state index contributed by atoms with van der Waals surface area (Å²) in [5.74, 6) is 0. The third kappa shape index (κ3) is 4.14. The first-order valence-corrected chi connectivity index (χ1v) is 6.33. The molecule has 0 aliphatic heterocycles. The number of hydrogen-bond acceptors (Lipinski definition) is 2. The number of rotatable bonds is 6. The standard InChI is InChI=1S/C12H22ClN3/c1-9(2)14-7-5-6-10(3)16-8-12(13)11(4)15-16/h8-10,14H,5-7H2,1-4H3. The van der Waals surface area contributed by atoms with Gasteiger partial charge in [-0.2, -0.15) is 5.10 Å². The summed E-state index contributed by atoms with van der Waals surface area (Å²) in [5, 5.41) is 8.56. The van der Waals surface area contributed by atoms with E-state index in [9.17, 15) is 0 Å². The van der Waals surface area contributed by atoms with Crippen LogP contribution in [0.25, 0.3) is 0 Å². The van der Waals surface area contributed by atoms with Crippen LogP contribution in [-0.4, -0.2) is 22.4 Å². The van der Waals surface area contributed by atoms with Gasteiger partial charge in [-0.05, 0) is 33.2 Å². The van der Waals surface area contributed by atoms with E-state index >= 15 is 0 Å². The maximum atomic E-state index is 5.98. The maximum absolute atomic E-state index is 5.98. The first-order valence-electron chi connectivity index (χ1n) is 5.95. The van der Waals surface area contributed by atoms with E-state index in [1.807, 2.05) is 17.8 Å². The third-order valence-corrected chi connectivity index (χ3v) is 3.03. The molecular formula is C12H22ClN3. The predicted molar refractivity (Wildman–Crippen MR) is 69.1 cm³/mol. The van der Waals surface area contributed by atoms with Crippen molar-refractivity contribution in [3.05, 3.63) is 16.9 Å². The van der Waals surface area contributed by atoms with Crippen LogP contribution in [0.2, 0.25) is 5.02 Å². The van der Waals surface area contributed by atoms with E-state index in [2.05, 4.69) is 31.2 Å². The van der Waals surface area contributed by atoms with E-state index in [1.165, 1.54) is 0 Å². The molecule has 16 heavy (non-hydrogen) atoms. The van der Waals surface area contributed by atoms with Gasteiger partial charge in [-0.3, -0.25) is 4.68 Å². The molecule has 92 valence electrons. The molecule has 1 atom stereocenters. The Morgan fingerprint density at radius 1 is 1.44 bits per heavy atom. The number of hydrogen-bond donors (Lipinski definition) is 1. The number of aryl methyl sites for hydroxylation is 1. The van der Waals surface area contributed by atoms with Gasteiger partial charge in [-0.15, -0.1) is 0 Å². The van der Waals surface area contributed by atoms with Crippen molar-refractivity contribution in [1.82, 2.24) is 15.1 Å². The molecule has 0 aromatic carbocycles. The van der Waals surface area contributed by atoms with Crippen molar-refractivity contribution < 1.29 is 0 Å². The van der Waals surface area contributed by atoms with Crippen LogP contribution in [0.1, 0.15) is 45.3 Å². The van der Waals surface area contributed by atoms with Gasteiger partial charge in [-0.1, -0.05) is 25.4 Å². The minimum atomic E-state index is 0.417. The smallest absolute Gasteiger partial charge is 0.0815 e. The van der Waals surface area contributed by atoms with Crippen LogP contribution in [0.3, 0.4) is 0 Å². The van der Waals surface area contributed by atoms with E-state index in [1.54, 1.807) is 0 Å². The predicted octanol–water partition coefficient (Wildman–Crippen LogP) is 3.18. The number of halogens is 1. The normalized spacial score (nSPS) is 13.4. The third-order valence-electron chi connectivity index (χ3n) is 2.66. The fraction of sp³-hybridized carbons (Fsp3) is 0.750. The van der Waals surface area contributed by atoms with Crippen LogP contribution in [0.5, 0.6) is 0 Å². The second-order valence-corrected chi connectivity index (χ2v) is 5.05. The molecule has 0 amide bonds. The Bertz CT molecular complexity index is 301. The quantitative estimate of drug-likeness (QED) is 0.778. The first kappa shape index (κ1) is 13.5. The van der Waals surface area contributed by atoms with Crippen molar-refractivity contribution in [3.63, 3.8) is 0 Å². The van der Waals surface area contributed by atoms with Gasteiger partial charge in [-0.25, -0.2) is 0 Å². The van der Waals surface area contributed by atoms with Gasteiger partial charge >= 0.3 is 0 Å². The van der Waals surface area contributed by atoms with Crippen LogP contribution in [0, 0.1) is 6.92 Å². The summed E-state index contributed by atoms with van der Waals surface area (Å²) in [4.78, 5) is 0. The first-order chi connectivity index (χ1) is 7.50. The highest BCUT2D eigenvalue weighted by Gasteiger charge is 2.08. The van der Waals surface area contributed by atoms with Gasteiger partial charge in [0.1, 0.15) is 0 Å².